The Morgan fingerprint density at radius 2 is 0.851 bits per heavy atom. The van der Waals surface area contributed by atoms with Crippen LogP contribution < -0.4 is 11.1 Å². The van der Waals surface area contributed by atoms with Gasteiger partial charge in [-0.1, -0.05) is 60.7 Å². The van der Waals surface area contributed by atoms with Crippen LogP contribution in [-0.4, -0.2) is 51.2 Å². The molecule has 9 heteroatoms. The number of carbonyl (C=O) groups excluding carboxylic acids is 5. The standard InChI is InChI=1S/C19H17NO3.C15H8O4.C4H11N/c1-19(2,3)20-18(23)11-8-9-13-12-6-4-5-7-14(12)16(21)17(22)15(13)10-11;16-13-11-4-2-1-3-9(11)10-6-5-8(15(18)19)7-12(10)14(13)17;1-4(2,3)5/h4-10H,1-3H3,(H,20,23);1-7H,(H,18,19);5H2,1-3H3. The molecule has 4 aromatic carbocycles. The second-order valence-corrected chi connectivity index (χ2v) is 13.3. The van der Waals surface area contributed by atoms with Crippen LogP contribution in [0.3, 0.4) is 0 Å². The van der Waals surface area contributed by atoms with Gasteiger partial charge in [-0.3, -0.25) is 24.0 Å². The third-order valence-electron chi connectivity index (χ3n) is 6.86. The summed E-state index contributed by atoms with van der Waals surface area (Å²) in [7, 11) is 0. The first-order valence-electron chi connectivity index (χ1n) is 14.9. The maximum absolute atomic E-state index is 12.4. The third-order valence-corrected chi connectivity index (χ3v) is 6.86. The Balaban J connectivity index is 0.000000189. The zero-order chi connectivity index (χ0) is 34.8. The van der Waals surface area contributed by atoms with Gasteiger partial charge in [-0.25, -0.2) is 4.79 Å². The molecule has 240 valence electrons. The number of rotatable bonds is 2. The van der Waals surface area contributed by atoms with Crippen molar-refractivity contribution in [1.82, 2.24) is 5.32 Å². The van der Waals surface area contributed by atoms with Crippen molar-refractivity contribution in [2.45, 2.75) is 52.6 Å². The molecule has 0 spiro atoms. The first kappa shape index (κ1) is 34.3. The Morgan fingerprint density at radius 1 is 0.532 bits per heavy atom. The largest absolute Gasteiger partial charge is 0.478 e. The number of hydrogen-bond acceptors (Lipinski definition) is 7. The van der Waals surface area contributed by atoms with E-state index in [1.54, 1.807) is 54.6 Å². The molecule has 6 rings (SSSR count). The molecule has 4 N–H and O–H groups in total. The predicted octanol–water partition coefficient (Wildman–Crippen LogP) is 6.44. The summed E-state index contributed by atoms with van der Waals surface area (Å²) in [5.74, 6) is -3.73. The van der Waals surface area contributed by atoms with E-state index in [1.165, 1.54) is 18.2 Å². The van der Waals surface area contributed by atoms with E-state index in [-0.39, 0.29) is 33.7 Å². The van der Waals surface area contributed by atoms with E-state index in [0.717, 1.165) is 5.56 Å². The topological polar surface area (TPSA) is 161 Å². The first-order chi connectivity index (χ1) is 21.9. The van der Waals surface area contributed by atoms with Crippen molar-refractivity contribution >= 4 is 35.0 Å². The Bertz CT molecular complexity index is 1950. The van der Waals surface area contributed by atoms with Crippen LogP contribution in [0.5, 0.6) is 0 Å². The number of nitrogens with one attached hydrogen (secondary N) is 1. The van der Waals surface area contributed by atoms with Crippen LogP contribution in [0, 0.1) is 0 Å². The first-order valence-corrected chi connectivity index (χ1v) is 14.9. The minimum Gasteiger partial charge on any atom is -0.478 e. The predicted molar refractivity (Wildman–Crippen MR) is 179 cm³/mol. The van der Waals surface area contributed by atoms with E-state index in [0.29, 0.717) is 33.4 Å². The van der Waals surface area contributed by atoms with Crippen molar-refractivity contribution < 1.29 is 33.9 Å². The molecule has 0 radical (unpaired) electrons. The third kappa shape index (κ3) is 7.82. The molecule has 0 bridgehead atoms. The normalized spacial score (nSPS) is 13.0. The Hall–Kier alpha value is -5.54. The van der Waals surface area contributed by atoms with Crippen molar-refractivity contribution in [3.63, 3.8) is 0 Å². The molecule has 0 aromatic heterocycles. The number of Topliss-reactive ketones (excluding diaryl/α,β-unsaturated/α-hetero) is 4. The molecule has 9 nitrogen and oxygen atoms in total. The molecule has 0 atom stereocenters. The van der Waals surface area contributed by atoms with E-state index in [9.17, 15) is 28.8 Å². The van der Waals surface area contributed by atoms with Gasteiger partial charge in [-0.05, 0) is 88.1 Å². The number of carboxylic acids is 1. The Labute approximate surface area is 272 Å². The van der Waals surface area contributed by atoms with E-state index < -0.39 is 29.1 Å². The average molecular weight is 633 g/mol. The average Bonchev–Trinajstić information content (AvgIpc) is 3.00. The Kier molecular flexibility index (Phi) is 9.54. The lowest BCUT2D eigenvalue weighted by Gasteiger charge is -2.22. The fourth-order valence-electron chi connectivity index (χ4n) is 4.94. The van der Waals surface area contributed by atoms with E-state index in [4.69, 9.17) is 10.8 Å². The number of benzene rings is 4. The zero-order valence-corrected chi connectivity index (χ0v) is 27.1. The molecule has 0 heterocycles. The number of fused-ring (bicyclic) bond motifs is 6. The summed E-state index contributed by atoms with van der Waals surface area (Å²) < 4.78 is 0. The van der Waals surface area contributed by atoms with Crippen molar-refractivity contribution in [3.05, 3.63) is 118 Å². The van der Waals surface area contributed by atoms with Crippen LogP contribution in [0.4, 0.5) is 0 Å². The van der Waals surface area contributed by atoms with Gasteiger partial charge in [0.25, 0.3) is 5.91 Å². The Morgan fingerprint density at radius 3 is 1.23 bits per heavy atom. The second kappa shape index (κ2) is 13.1. The lowest BCUT2D eigenvalue weighted by Crippen LogP contribution is -2.40. The molecule has 0 fully saturated rings. The molecule has 2 aliphatic carbocycles. The molecular formula is C38H36N2O7. The highest BCUT2D eigenvalue weighted by molar-refractivity contribution is 6.53. The number of amides is 1. The van der Waals surface area contributed by atoms with Gasteiger partial charge in [-0.15, -0.1) is 0 Å². The molecule has 0 unspecified atom stereocenters. The summed E-state index contributed by atoms with van der Waals surface area (Å²) >= 11 is 0. The van der Waals surface area contributed by atoms with Crippen LogP contribution in [0.2, 0.25) is 0 Å². The SMILES string of the molecule is CC(C)(C)N.CC(C)(C)NC(=O)c1ccc2c(c1)C(=O)C(=O)c1ccccc1-2.O=C(O)c1ccc2c(c1)C(=O)C(=O)c1ccccc1-2. The van der Waals surface area contributed by atoms with Gasteiger partial charge in [0.1, 0.15) is 0 Å². The van der Waals surface area contributed by atoms with Crippen molar-refractivity contribution in [2.75, 3.05) is 0 Å². The quantitative estimate of drug-likeness (QED) is 0.213. The molecule has 0 aliphatic heterocycles. The van der Waals surface area contributed by atoms with Gasteiger partial charge in [0.2, 0.25) is 23.1 Å². The van der Waals surface area contributed by atoms with Crippen molar-refractivity contribution in [2.24, 2.45) is 5.73 Å². The van der Waals surface area contributed by atoms with E-state index in [2.05, 4.69) is 5.32 Å². The maximum atomic E-state index is 12.4. The maximum Gasteiger partial charge on any atom is 0.335 e. The second-order valence-electron chi connectivity index (χ2n) is 13.3. The highest BCUT2D eigenvalue weighted by Gasteiger charge is 2.32. The van der Waals surface area contributed by atoms with E-state index in [1.807, 2.05) is 53.7 Å². The van der Waals surface area contributed by atoms with Gasteiger partial charge < -0.3 is 16.2 Å². The number of hydrogen-bond donors (Lipinski definition) is 3. The number of carbonyl (C=O) groups is 6. The number of nitrogens with two attached hydrogens (primary N) is 1. The fourth-order valence-corrected chi connectivity index (χ4v) is 4.94. The molecule has 0 saturated carbocycles. The zero-order valence-electron chi connectivity index (χ0n) is 27.1. The summed E-state index contributed by atoms with van der Waals surface area (Å²) in [5.41, 5.74) is 9.26. The molecule has 47 heavy (non-hydrogen) atoms. The molecule has 1 amide bonds. The van der Waals surface area contributed by atoms with Crippen molar-refractivity contribution in [3.8, 4) is 22.3 Å². The molecular weight excluding hydrogens is 596 g/mol. The highest BCUT2D eigenvalue weighted by Crippen LogP contribution is 2.35. The van der Waals surface area contributed by atoms with Crippen LogP contribution >= 0.6 is 0 Å². The molecule has 4 aromatic rings. The highest BCUT2D eigenvalue weighted by atomic mass is 16.4. The number of ketones is 4. The van der Waals surface area contributed by atoms with Gasteiger partial charge in [0, 0.05) is 38.9 Å². The summed E-state index contributed by atoms with van der Waals surface area (Å²) in [6.45, 7) is 11.5. The fraction of sp³-hybridized carbons (Fsp3) is 0.211. The molecule has 0 saturated heterocycles. The van der Waals surface area contributed by atoms with Gasteiger partial charge in [0.05, 0.1) is 5.56 Å². The molecule has 2 aliphatic rings. The summed E-state index contributed by atoms with van der Waals surface area (Å²) in [6, 6.07) is 23.0. The smallest absolute Gasteiger partial charge is 0.335 e. The lowest BCUT2D eigenvalue weighted by molar-refractivity contribution is 0.0695. The minimum absolute atomic E-state index is 0. The van der Waals surface area contributed by atoms with Crippen LogP contribution in [0.15, 0.2) is 84.9 Å². The van der Waals surface area contributed by atoms with E-state index >= 15 is 0 Å². The number of carboxylic acid groups (broad SMARTS) is 1. The van der Waals surface area contributed by atoms with Gasteiger partial charge in [-0.2, -0.15) is 0 Å². The summed E-state index contributed by atoms with van der Waals surface area (Å²) in [4.78, 5) is 71.8. The van der Waals surface area contributed by atoms with Gasteiger partial charge >= 0.3 is 5.97 Å². The monoisotopic (exact) mass is 632 g/mol. The summed E-state index contributed by atoms with van der Waals surface area (Å²) in [6.07, 6.45) is 0. The van der Waals surface area contributed by atoms with Crippen molar-refractivity contribution in [1.29, 1.82) is 0 Å². The van der Waals surface area contributed by atoms with Crippen LogP contribution in [0.1, 0.15) is 104 Å². The number of aromatic carboxylic acids is 1. The summed E-state index contributed by atoms with van der Waals surface area (Å²) in [5, 5.41) is 11.8. The van der Waals surface area contributed by atoms with Crippen LogP contribution in [0.25, 0.3) is 22.3 Å². The van der Waals surface area contributed by atoms with Gasteiger partial charge in [0.15, 0.2) is 0 Å². The van der Waals surface area contributed by atoms with Crippen LogP contribution in [-0.2, 0) is 0 Å². The minimum atomic E-state index is -1.12. The lowest BCUT2D eigenvalue weighted by atomic mass is 9.83.